The lowest BCUT2D eigenvalue weighted by molar-refractivity contribution is -0.123. The van der Waals surface area contributed by atoms with Crippen LogP contribution in [-0.4, -0.2) is 25.1 Å². The van der Waals surface area contributed by atoms with Crippen molar-refractivity contribution in [1.82, 2.24) is 5.32 Å². The Morgan fingerprint density at radius 1 is 1.45 bits per heavy atom. The lowest BCUT2D eigenvalue weighted by Crippen LogP contribution is -2.25. The molecule has 0 aromatic carbocycles. The van der Waals surface area contributed by atoms with Gasteiger partial charge in [-0.25, -0.2) is 0 Å². The van der Waals surface area contributed by atoms with Crippen molar-refractivity contribution in [2.24, 2.45) is 17.1 Å². The van der Waals surface area contributed by atoms with Gasteiger partial charge in [0, 0.05) is 17.7 Å². The number of hydrogen-bond donors (Lipinski definition) is 2. The number of rotatable bonds is 9. The third kappa shape index (κ3) is 5.71. The van der Waals surface area contributed by atoms with E-state index in [1.807, 2.05) is 20.9 Å². The lowest BCUT2D eigenvalue weighted by Gasteiger charge is -2.23. The minimum absolute atomic E-state index is 0.193. The van der Waals surface area contributed by atoms with E-state index in [-0.39, 0.29) is 11.2 Å². The van der Waals surface area contributed by atoms with Crippen LogP contribution in [0, 0.1) is 11.3 Å². The van der Waals surface area contributed by atoms with Gasteiger partial charge in [-0.05, 0) is 37.5 Å². The molecule has 0 spiro atoms. The summed E-state index contributed by atoms with van der Waals surface area (Å²) in [6.07, 6.45) is 0.867. The molecule has 0 radical (unpaired) electrons. The van der Waals surface area contributed by atoms with Gasteiger partial charge in [0.15, 0.2) is 0 Å². The number of Topliss-reactive ketones (excluding diaryl/α,β-unsaturated/α-hetero) is 1. The van der Waals surface area contributed by atoms with Crippen LogP contribution in [-0.2, 0) is 4.79 Å². The second-order valence-electron chi connectivity index (χ2n) is 5.91. The molecule has 3 N–H and O–H groups in total. The Morgan fingerprint density at radius 3 is 2.40 bits per heavy atom. The van der Waals surface area contributed by atoms with Crippen molar-refractivity contribution >= 4 is 17.5 Å². The van der Waals surface area contributed by atoms with Crippen LogP contribution in [0.2, 0.25) is 0 Å². The highest BCUT2D eigenvalue weighted by atomic mass is 32.2. The molecule has 0 amide bonds. The average molecular weight is 298 g/mol. The zero-order valence-corrected chi connectivity index (χ0v) is 14.6. The Kier molecular flexibility index (Phi) is 8.21. The topological polar surface area (TPSA) is 55.1 Å². The minimum Gasteiger partial charge on any atom is -0.393 e. The van der Waals surface area contributed by atoms with E-state index < -0.39 is 0 Å². The normalized spacial score (nSPS) is 14.7. The molecule has 0 unspecified atom stereocenters. The van der Waals surface area contributed by atoms with Crippen LogP contribution >= 0.6 is 11.8 Å². The first-order chi connectivity index (χ1) is 9.17. The first kappa shape index (κ1) is 19.3. The Hall–Kier alpha value is -0.740. The molecule has 0 aromatic rings. The van der Waals surface area contributed by atoms with Gasteiger partial charge in [-0.15, -0.1) is 11.8 Å². The van der Waals surface area contributed by atoms with Crippen LogP contribution < -0.4 is 11.1 Å². The summed E-state index contributed by atoms with van der Waals surface area (Å²) in [5.74, 6) is 1.25. The van der Waals surface area contributed by atoms with Gasteiger partial charge >= 0.3 is 0 Å². The van der Waals surface area contributed by atoms with Crippen LogP contribution in [0.1, 0.15) is 41.0 Å². The molecule has 3 nitrogen and oxygen atoms in total. The highest BCUT2D eigenvalue weighted by molar-refractivity contribution is 8.03. The fourth-order valence-corrected chi connectivity index (χ4v) is 2.90. The predicted octanol–water partition coefficient (Wildman–Crippen LogP) is 3.33. The highest BCUT2D eigenvalue weighted by Gasteiger charge is 2.24. The molecule has 0 aromatic heterocycles. The number of allylic oxidation sites excluding steroid dienone is 1. The van der Waals surface area contributed by atoms with Gasteiger partial charge in [-0.1, -0.05) is 34.3 Å². The number of carbonyl (C=O) groups excluding carboxylic acids is 1. The van der Waals surface area contributed by atoms with Crippen molar-refractivity contribution in [1.29, 1.82) is 0 Å². The second kappa shape index (κ2) is 8.53. The van der Waals surface area contributed by atoms with E-state index in [0.717, 1.165) is 29.1 Å². The fraction of sp³-hybridized carbons (Fsp3) is 0.688. The summed E-state index contributed by atoms with van der Waals surface area (Å²) < 4.78 is 0. The van der Waals surface area contributed by atoms with Gasteiger partial charge < -0.3 is 11.1 Å². The molecular weight excluding hydrogens is 268 g/mol. The van der Waals surface area contributed by atoms with Crippen molar-refractivity contribution < 1.29 is 4.79 Å². The Balaban J connectivity index is 4.91. The summed E-state index contributed by atoms with van der Waals surface area (Å²) >= 11 is 1.56. The first-order valence-corrected chi connectivity index (χ1v) is 8.12. The molecule has 0 aliphatic rings. The molecule has 0 fully saturated rings. The van der Waals surface area contributed by atoms with Crippen LogP contribution in [0.25, 0.3) is 0 Å². The van der Waals surface area contributed by atoms with Crippen molar-refractivity contribution in [2.45, 2.75) is 41.0 Å². The number of carbonyl (C=O) groups is 1. The molecule has 1 atom stereocenters. The molecule has 20 heavy (non-hydrogen) atoms. The fourth-order valence-electron chi connectivity index (χ4n) is 1.73. The average Bonchev–Trinajstić information content (AvgIpc) is 2.37. The summed E-state index contributed by atoms with van der Waals surface area (Å²) in [7, 11) is 1.94. The predicted molar refractivity (Wildman–Crippen MR) is 90.7 cm³/mol. The summed E-state index contributed by atoms with van der Waals surface area (Å²) in [6.45, 7) is 14.9. The largest absolute Gasteiger partial charge is 0.393 e. The number of nitrogens with one attached hydrogen (secondary N) is 1. The van der Waals surface area contributed by atoms with E-state index in [1.54, 1.807) is 18.7 Å². The molecule has 4 heteroatoms. The SMILES string of the molecule is C=C(/C(CC)=C(\N)SCC(C)(C)C(C)=O)[C@H](C)CNC. The Labute approximate surface area is 128 Å². The molecule has 0 aliphatic carbocycles. The maximum atomic E-state index is 11.5. The quantitative estimate of drug-likeness (QED) is 0.641. The summed E-state index contributed by atoms with van der Waals surface area (Å²) in [6, 6.07) is 0. The second-order valence-corrected chi connectivity index (χ2v) is 6.93. The van der Waals surface area contributed by atoms with Gasteiger partial charge in [0.25, 0.3) is 0 Å². The van der Waals surface area contributed by atoms with E-state index in [2.05, 4.69) is 25.7 Å². The first-order valence-electron chi connectivity index (χ1n) is 7.13. The van der Waals surface area contributed by atoms with E-state index in [0.29, 0.717) is 11.7 Å². The molecule has 0 heterocycles. The van der Waals surface area contributed by atoms with Gasteiger partial charge in [0.2, 0.25) is 0 Å². The summed E-state index contributed by atoms with van der Waals surface area (Å²) in [4.78, 5) is 11.5. The monoisotopic (exact) mass is 298 g/mol. The standard InChI is InChI=1S/C16H30N2OS/c1-8-14(12(3)11(2)9-18-7)15(17)20-10-16(5,6)13(4)19/h11,18H,3,8-10,17H2,1-2,4-7H3/b15-14+/t11-/m1/s1. The number of ketones is 1. The lowest BCUT2D eigenvalue weighted by atomic mass is 9.92. The van der Waals surface area contributed by atoms with Crippen molar-refractivity contribution in [3.8, 4) is 0 Å². The van der Waals surface area contributed by atoms with E-state index in [9.17, 15) is 4.79 Å². The molecule has 0 aliphatic heterocycles. The maximum absolute atomic E-state index is 11.5. The van der Waals surface area contributed by atoms with Crippen LogP contribution in [0.15, 0.2) is 22.8 Å². The van der Waals surface area contributed by atoms with Gasteiger partial charge in [0.1, 0.15) is 5.78 Å². The third-order valence-electron chi connectivity index (χ3n) is 3.69. The molecular formula is C16H30N2OS. The number of nitrogens with two attached hydrogens (primary N) is 1. The number of thioether (sulfide) groups is 1. The zero-order valence-electron chi connectivity index (χ0n) is 13.8. The van der Waals surface area contributed by atoms with Crippen LogP contribution in [0.3, 0.4) is 0 Å². The van der Waals surface area contributed by atoms with Crippen molar-refractivity contribution in [3.63, 3.8) is 0 Å². The van der Waals surface area contributed by atoms with E-state index >= 15 is 0 Å². The molecule has 116 valence electrons. The summed E-state index contributed by atoms with van der Waals surface area (Å²) in [5, 5.41) is 3.96. The number of hydrogen-bond acceptors (Lipinski definition) is 4. The zero-order chi connectivity index (χ0) is 15.9. The maximum Gasteiger partial charge on any atom is 0.136 e. The van der Waals surface area contributed by atoms with Gasteiger partial charge in [-0.3, -0.25) is 4.79 Å². The molecule has 0 saturated carbocycles. The minimum atomic E-state index is -0.341. The van der Waals surface area contributed by atoms with Gasteiger partial charge in [-0.2, -0.15) is 0 Å². The third-order valence-corrected chi connectivity index (χ3v) is 5.11. The Bertz CT molecular complexity index is 386. The molecule has 0 rings (SSSR count). The van der Waals surface area contributed by atoms with Crippen LogP contribution in [0.5, 0.6) is 0 Å². The highest BCUT2D eigenvalue weighted by Crippen LogP contribution is 2.31. The molecule has 0 bridgehead atoms. The smallest absolute Gasteiger partial charge is 0.136 e. The molecule has 0 saturated heterocycles. The van der Waals surface area contributed by atoms with Crippen molar-refractivity contribution in [2.75, 3.05) is 19.3 Å². The summed E-state index contributed by atoms with van der Waals surface area (Å²) in [5.41, 5.74) is 8.09. The van der Waals surface area contributed by atoms with E-state index in [1.165, 1.54) is 0 Å². The van der Waals surface area contributed by atoms with E-state index in [4.69, 9.17) is 5.73 Å². The van der Waals surface area contributed by atoms with Crippen molar-refractivity contribution in [3.05, 3.63) is 22.8 Å². The Morgan fingerprint density at radius 2 is 2.00 bits per heavy atom. The van der Waals surface area contributed by atoms with Gasteiger partial charge in [0.05, 0.1) is 5.03 Å². The van der Waals surface area contributed by atoms with Crippen LogP contribution in [0.4, 0.5) is 0 Å².